The van der Waals surface area contributed by atoms with E-state index in [-0.39, 0.29) is 37.7 Å². The fraction of sp³-hybridized carbons (Fsp3) is 0. The van der Waals surface area contributed by atoms with E-state index < -0.39 is 0 Å². The van der Waals surface area contributed by atoms with Gasteiger partial charge in [-0.15, -0.1) is 0 Å². The van der Waals surface area contributed by atoms with Crippen LogP contribution in [0.3, 0.4) is 0 Å². The first-order valence-electron chi connectivity index (χ1n) is 0.447. The van der Waals surface area contributed by atoms with E-state index in [9.17, 15) is 0 Å². The number of rotatable bonds is 0. The van der Waals surface area contributed by atoms with Crippen molar-refractivity contribution in [3.05, 3.63) is 13.1 Å². The van der Waals surface area contributed by atoms with Gasteiger partial charge in [-0.2, -0.15) is 0 Å². The molecular weight excluding hydrogens is 65.9 g/mol. The van der Waals surface area contributed by atoms with E-state index in [0.717, 1.165) is 0 Å². The fourth-order valence-corrected chi connectivity index (χ4v) is 0. The van der Waals surface area contributed by atoms with Gasteiger partial charge in [0.15, 0.2) is 0 Å². The Morgan fingerprint density at radius 2 is 0.667 bits per heavy atom. The zero-order valence-electron chi connectivity index (χ0n) is 3.89. The first kappa shape index (κ1) is 35.0. The van der Waals surface area contributed by atoms with Gasteiger partial charge in [0.1, 0.15) is 0 Å². The molecule has 6 heavy (non-hydrogen) atoms. The molecule has 0 unspecified atom stereocenters. The number of nitrogens with zero attached hydrogens (tertiary/aromatic N) is 2. The van der Waals surface area contributed by atoms with Crippen LogP contribution in [0.5, 0.6) is 0 Å². The van der Waals surface area contributed by atoms with Gasteiger partial charge in [0, 0.05) is 0 Å². The third-order valence-corrected chi connectivity index (χ3v) is 0. The SMILES string of the molecule is [C-]#N.[C-]#N.[Li+].[Li+]. The van der Waals surface area contributed by atoms with Crippen molar-refractivity contribution in [3.8, 4) is 0 Å². The molecule has 0 spiro atoms. The minimum atomic E-state index is 0. The molecule has 0 aromatic carbocycles. The van der Waals surface area contributed by atoms with E-state index in [0.29, 0.717) is 0 Å². The average Bonchev–Trinajstić information content (AvgIpc) is 1.50. The molecule has 0 aliphatic rings. The maximum absolute atomic E-state index is 6.25. The maximum atomic E-state index is 6.25. The van der Waals surface area contributed by atoms with Crippen molar-refractivity contribution >= 4 is 0 Å². The van der Waals surface area contributed by atoms with Gasteiger partial charge in [-0.05, 0) is 0 Å². The van der Waals surface area contributed by atoms with Gasteiger partial charge < -0.3 is 23.7 Å². The van der Waals surface area contributed by atoms with E-state index >= 15 is 0 Å². The molecule has 0 rings (SSSR count). The van der Waals surface area contributed by atoms with E-state index in [2.05, 4.69) is 0 Å². The predicted octanol–water partition coefficient (Wildman–Crippen LogP) is -5.80. The Balaban J connectivity index is -0.00000000500. The van der Waals surface area contributed by atoms with Gasteiger partial charge in [0.2, 0.25) is 0 Å². The zero-order valence-corrected chi connectivity index (χ0v) is 3.89. The molecule has 0 N–H and O–H groups in total. The average molecular weight is 65.9 g/mol. The second kappa shape index (κ2) is 2950. The number of hydrogen-bond donors (Lipinski definition) is 0. The summed E-state index contributed by atoms with van der Waals surface area (Å²) in [5.74, 6) is 0. The van der Waals surface area contributed by atoms with Crippen molar-refractivity contribution in [1.29, 1.82) is 10.5 Å². The molecule has 0 aliphatic carbocycles. The second-order valence-corrected chi connectivity index (χ2v) is 0. The van der Waals surface area contributed by atoms with Crippen LogP contribution < -0.4 is 37.7 Å². The predicted molar refractivity (Wildman–Crippen MR) is 9.94 cm³/mol. The minimum absolute atomic E-state index is 0. The van der Waals surface area contributed by atoms with Crippen LogP contribution in [0.2, 0.25) is 0 Å². The first-order valence-corrected chi connectivity index (χ1v) is 0.447. The summed E-state index contributed by atoms with van der Waals surface area (Å²) in [7, 11) is 0. The third-order valence-electron chi connectivity index (χ3n) is 0. The Bertz CT molecular complexity index is 25.0. The van der Waals surface area contributed by atoms with Crippen LogP contribution in [0.25, 0.3) is 0 Å². The zero-order chi connectivity index (χ0) is 4.00. The molecule has 0 atom stereocenters. The first-order chi connectivity index (χ1) is 2.00. The molecule has 2 nitrogen and oxygen atoms in total. The van der Waals surface area contributed by atoms with Crippen LogP contribution in [0, 0.1) is 23.7 Å². The molecule has 0 radical (unpaired) electrons. The molecule has 0 fully saturated rings. The number of hydrogen-bond acceptors (Lipinski definition) is 2. The van der Waals surface area contributed by atoms with Crippen molar-refractivity contribution in [3.63, 3.8) is 0 Å². The maximum Gasteiger partial charge on any atom is 1.00 e. The summed E-state index contributed by atoms with van der Waals surface area (Å²) in [4.78, 5) is 0. The van der Waals surface area contributed by atoms with Crippen LogP contribution in [0.1, 0.15) is 0 Å². The van der Waals surface area contributed by atoms with Crippen LogP contribution in [-0.2, 0) is 0 Å². The quantitative estimate of drug-likeness (QED) is 0.209. The van der Waals surface area contributed by atoms with Crippen LogP contribution >= 0.6 is 0 Å². The van der Waals surface area contributed by atoms with E-state index in [4.69, 9.17) is 23.7 Å². The van der Waals surface area contributed by atoms with Gasteiger partial charge in [-0.25, -0.2) is 0 Å². The summed E-state index contributed by atoms with van der Waals surface area (Å²) in [6.45, 7) is 9.50. The van der Waals surface area contributed by atoms with Gasteiger partial charge in [0.05, 0.1) is 0 Å². The Kier molecular flexibility index (Phi) is 17200. The van der Waals surface area contributed by atoms with Crippen LogP contribution in [0.15, 0.2) is 0 Å². The largest absolute Gasteiger partial charge is 1.00 e. The van der Waals surface area contributed by atoms with Crippen molar-refractivity contribution in [2.75, 3.05) is 0 Å². The molecule has 0 heterocycles. The van der Waals surface area contributed by atoms with Crippen LogP contribution in [-0.4, -0.2) is 0 Å². The summed E-state index contributed by atoms with van der Waals surface area (Å²) in [6, 6.07) is 0. The van der Waals surface area contributed by atoms with E-state index in [1.807, 2.05) is 0 Å². The van der Waals surface area contributed by atoms with Gasteiger partial charge >= 0.3 is 37.7 Å². The van der Waals surface area contributed by atoms with Crippen molar-refractivity contribution in [2.24, 2.45) is 0 Å². The second-order valence-electron chi connectivity index (χ2n) is 0. The smallest absolute Gasteiger partial charge is 0.512 e. The molecule has 0 aromatic heterocycles. The van der Waals surface area contributed by atoms with E-state index in [1.165, 1.54) is 0 Å². The normalized spacial score (nSPS) is 0.667. The summed E-state index contributed by atoms with van der Waals surface area (Å²) in [5.41, 5.74) is 0. The Morgan fingerprint density at radius 1 is 0.667 bits per heavy atom. The fourth-order valence-electron chi connectivity index (χ4n) is 0. The standard InChI is InChI=1S/2CN.2Li/c2*1-2;;/q2*-1;2*+1. The molecule has 0 aromatic rings. The van der Waals surface area contributed by atoms with Gasteiger partial charge in [0.25, 0.3) is 0 Å². The molecule has 20 valence electrons. The molecule has 0 saturated carbocycles. The Labute approximate surface area is 61.5 Å². The Morgan fingerprint density at radius 3 is 0.667 bits per heavy atom. The molecule has 0 aliphatic heterocycles. The Hall–Kier alpha value is 0.175. The van der Waals surface area contributed by atoms with Crippen molar-refractivity contribution < 1.29 is 37.7 Å². The summed E-state index contributed by atoms with van der Waals surface area (Å²) in [5, 5.41) is 12.5. The minimum Gasteiger partial charge on any atom is -0.512 e. The molecule has 0 saturated heterocycles. The van der Waals surface area contributed by atoms with Gasteiger partial charge in [-0.3, -0.25) is 0 Å². The van der Waals surface area contributed by atoms with Crippen molar-refractivity contribution in [1.82, 2.24) is 0 Å². The summed E-state index contributed by atoms with van der Waals surface area (Å²) < 4.78 is 0. The molecule has 0 bridgehead atoms. The third kappa shape index (κ3) is 1380. The summed E-state index contributed by atoms with van der Waals surface area (Å²) in [6.07, 6.45) is 0. The van der Waals surface area contributed by atoms with Gasteiger partial charge in [-0.1, -0.05) is 0 Å². The molecule has 4 heteroatoms. The topological polar surface area (TPSA) is 47.6 Å². The molecular formula is C2Li2N2. The summed E-state index contributed by atoms with van der Waals surface area (Å²) >= 11 is 0. The monoisotopic (exact) mass is 66.0 g/mol. The van der Waals surface area contributed by atoms with Crippen molar-refractivity contribution in [2.45, 2.75) is 0 Å². The van der Waals surface area contributed by atoms with Crippen LogP contribution in [0.4, 0.5) is 0 Å². The van der Waals surface area contributed by atoms with E-state index in [1.54, 1.807) is 0 Å². The molecule has 0 amide bonds.